The Balaban J connectivity index is 1.62. The van der Waals surface area contributed by atoms with Gasteiger partial charge in [0.25, 0.3) is 10.0 Å². The van der Waals surface area contributed by atoms with E-state index in [4.69, 9.17) is 4.84 Å². The summed E-state index contributed by atoms with van der Waals surface area (Å²) in [6.07, 6.45) is 5.77. The van der Waals surface area contributed by atoms with Crippen LogP contribution in [-0.4, -0.2) is 31.4 Å². The Morgan fingerprint density at radius 2 is 1.56 bits per heavy atom. The molecule has 2 aliphatic rings. The van der Waals surface area contributed by atoms with Crippen molar-refractivity contribution in [3.8, 4) is 0 Å². The van der Waals surface area contributed by atoms with Crippen molar-refractivity contribution >= 4 is 39.1 Å². The number of oxime groups is 1. The molecule has 7 nitrogen and oxygen atoms in total. The molecule has 0 heterocycles. The molecule has 2 aliphatic carbocycles. The van der Waals surface area contributed by atoms with Crippen molar-refractivity contribution in [1.82, 2.24) is 0 Å². The first-order chi connectivity index (χ1) is 15.2. The molecule has 0 aromatic heterocycles. The molecule has 32 heavy (non-hydrogen) atoms. The second-order valence-electron chi connectivity index (χ2n) is 7.29. The monoisotopic (exact) mass is 446 g/mol. The van der Waals surface area contributed by atoms with Crippen molar-refractivity contribution in [3.05, 3.63) is 94.8 Å². The first-order valence-electron chi connectivity index (χ1n) is 9.68. The van der Waals surface area contributed by atoms with E-state index in [0.29, 0.717) is 5.56 Å². The number of carbonyl (C=O) groups excluding carboxylic acids is 2. The summed E-state index contributed by atoms with van der Waals surface area (Å²) in [6, 6.07) is 13.3. The first-order valence-corrected chi connectivity index (χ1v) is 11.1. The van der Waals surface area contributed by atoms with Crippen molar-refractivity contribution < 1.29 is 22.8 Å². The van der Waals surface area contributed by atoms with Crippen LogP contribution in [0.2, 0.25) is 0 Å². The zero-order chi connectivity index (χ0) is 22.9. The topological polar surface area (TPSA) is 102 Å². The number of benzene rings is 2. The maximum Gasteiger partial charge on any atom is 0.282 e. The maximum absolute atomic E-state index is 12.6. The van der Waals surface area contributed by atoms with E-state index in [1.165, 1.54) is 37.3 Å². The van der Waals surface area contributed by atoms with Crippen LogP contribution in [0.15, 0.2) is 92.5 Å². The maximum atomic E-state index is 12.6. The van der Waals surface area contributed by atoms with E-state index in [2.05, 4.69) is 9.55 Å². The van der Waals surface area contributed by atoms with Crippen molar-refractivity contribution in [1.29, 1.82) is 0 Å². The van der Waals surface area contributed by atoms with Gasteiger partial charge in [0.1, 0.15) is 0 Å². The van der Waals surface area contributed by atoms with Gasteiger partial charge in [0, 0.05) is 17.2 Å². The molecule has 0 atom stereocenters. The quantitative estimate of drug-likeness (QED) is 0.525. The Kier molecular flexibility index (Phi) is 5.54. The van der Waals surface area contributed by atoms with Gasteiger partial charge in [-0.15, -0.1) is 0 Å². The van der Waals surface area contributed by atoms with E-state index in [9.17, 15) is 18.0 Å². The van der Waals surface area contributed by atoms with Crippen LogP contribution in [0.3, 0.4) is 0 Å². The molecule has 0 unspecified atom stereocenters. The summed E-state index contributed by atoms with van der Waals surface area (Å²) in [7, 11) is -3.99. The summed E-state index contributed by atoms with van der Waals surface area (Å²) < 4.78 is 29.1. The summed E-state index contributed by atoms with van der Waals surface area (Å²) in [4.78, 5) is 30.3. The second-order valence-corrected chi connectivity index (χ2v) is 8.89. The van der Waals surface area contributed by atoms with Gasteiger partial charge in [-0.25, -0.2) is 0 Å². The highest BCUT2D eigenvalue weighted by atomic mass is 32.2. The molecule has 4 rings (SSSR count). The third kappa shape index (κ3) is 4.26. The van der Waals surface area contributed by atoms with E-state index in [0.717, 1.165) is 11.1 Å². The number of allylic oxidation sites excluding steroid dienone is 4. The molecule has 160 valence electrons. The SMILES string of the molecule is CC1=C/C(=N\S(=O)(=O)c2ccc(C)cc2)C=C(O/N=C2/C=Cc3ccccc3C2=O)C1=O. The number of carbonyl (C=O) groups is 2. The lowest BCUT2D eigenvalue weighted by atomic mass is 9.95. The lowest BCUT2D eigenvalue weighted by Gasteiger charge is -2.13. The zero-order valence-corrected chi connectivity index (χ0v) is 18.1. The largest absolute Gasteiger partial charge is 0.352 e. The Labute approximate surface area is 185 Å². The minimum atomic E-state index is -3.99. The van der Waals surface area contributed by atoms with Crippen LogP contribution in [0.1, 0.15) is 28.4 Å². The number of rotatable bonds is 4. The summed E-state index contributed by atoms with van der Waals surface area (Å²) in [5.41, 5.74) is 2.43. The van der Waals surface area contributed by atoms with E-state index in [1.807, 2.05) is 13.0 Å². The van der Waals surface area contributed by atoms with Crippen LogP contribution in [0.25, 0.3) is 6.08 Å². The highest BCUT2D eigenvalue weighted by Crippen LogP contribution is 2.21. The average Bonchev–Trinajstić information content (AvgIpc) is 2.76. The third-order valence-corrected chi connectivity index (χ3v) is 6.19. The normalized spacial score (nSPS) is 18.4. The van der Waals surface area contributed by atoms with Crippen molar-refractivity contribution in [2.24, 2.45) is 9.55 Å². The highest BCUT2D eigenvalue weighted by Gasteiger charge is 2.24. The molecule has 0 radical (unpaired) electrons. The van der Waals surface area contributed by atoms with E-state index in [1.54, 1.807) is 36.4 Å². The third-order valence-electron chi connectivity index (χ3n) is 4.87. The molecule has 0 amide bonds. The van der Waals surface area contributed by atoms with Crippen LogP contribution in [0.5, 0.6) is 0 Å². The molecule has 0 saturated carbocycles. The van der Waals surface area contributed by atoms with Crippen molar-refractivity contribution in [3.63, 3.8) is 0 Å². The molecule has 0 aliphatic heterocycles. The molecule has 2 aromatic rings. The van der Waals surface area contributed by atoms with Gasteiger partial charge in [-0.05, 0) is 43.7 Å². The fourth-order valence-electron chi connectivity index (χ4n) is 3.15. The van der Waals surface area contributed by atoms with Gasteiger partial charge in [0.2, 0.25) is 17.3 Å². The van der Waals surface area contributed by atoms with Crippen LogP contribution in [0.4, 0.5) is 0 Å². The number of hydrogen-bond acceptors (Lipinski definition) is 6. The zero-order valence-electron chi connectivity index (χ0n) is 17.3. The molecule has 0 fully saturated rings. The molecule has 0 N–H and O–H groups in total. The first kappa shape index (κ1) is 21.3. The van der Waals surface area contributed by atoms with Crippen molar-refractivity contribution in [2.45, 2.75) is 18.7 Å². The van der Waals surface area contributed by atoms with Crippen LogP contribution in [-0.2, 0) is 19.7 Å². The fourth-order valence-corrected chi connectivity index (χ4v) is 4.12. The molecule has 2 aromatic carbocycles. The number of nitrogens with zero attached hydrogens (tertiary/aromatic N) is 2. The predicted octanol–water partition coefficient (Wildman–Crippen LogP) is 3.82. The molecular formula is C24H18N2O5S. The molecule has 0 spiro atoms. The van der Waals surface area contributed by atoms with Crippen LogP contribution >= 0.6 is 0 Å². The van der Waals surface area contributed by atoms with Gasteiger partial charge >= 0.3 is 0 Å². The Morgan fingerprint density at radius 3 is 2.31 bits per heavy atom. The van der Waals surface area contributed by atoms with Gasteiger partial charge in [-0.3, -0.25) is 9.59 Å². The summed E-state index contributed by atoms with van der Waals surface area (Å²) in [6.45, 7) is 3.36. The van der Waals surface area contributed by atoms with Crippen LogP contribution < -0.4 is 0 Å². The number of sulfonamides is 1. The molecular weight excluding hydrogens is 428 g/mol. The smallest absolute Gasteiger partial charge is 0.282 e. The standard InChI is InChI=1S/C24H18N2O5S/c1-15-7-10-19(11-8-15)32(29,30)26-18-13-16(2)23(27)22(14-18)31-25-21-12-9-17-5-3-4-6-20(17)24(21)28/h3-14H,1-2H3/b25-21-,26-18+. The molecule has 0 bridgehead atoms. The lowest BCUT2D eigenvalue weighted by molar-refractivity contribution is -0.115. The fraction of sp³-hybridized carbons (Fsp3) is 0.0833. The number of aryl methyl sites for hydroxylation is 1. The minimum absolute atomic E-state index is 0.0220. The number of fused-ring (bicyclic) bond motifs is 1. The molecule has 8 heteroatoms. The summed E-state index contributed by atoms with van der Waals surface area (Å²) in [5.74, 6) is -1.04. The van der Waals surface area contributed by atoms with Gasteiger partial charge in [-0.1, -0.05) is 53.2 Å². The summed E-state index contributed by atoms with van der Waals surface area (Å²) >= 11 is 0. The van der Waals surface area contributed by atoms with Gasteiger partial charge in [0.15, 0.2) is 5.71 Å². The van der Waals surface area contributed by atoms with E-state index in [-0.39, 0.29) is 33.4 Å². The lowest BCUT2D eigenvalue weighted by Crippen LogP contribution is -2.19. The van der Waals surface area contributed by atoms with Crippen LogP contribution in [0, 0.1) is 6.92 Å². The van der Waals surface area contributed by atoms with Gasteiger partial charge < -0.3 is 4.84 Å². The predicted molar refractivity (Wildman–Crippen MR) is 121 cm³/mol. The van der Waals surface area contributed by atoms with E-state index >= 15 is 0 Å². The molecule has 0 saturated heterocycles. The minimum Gasteiger partial charge on any atom is -0.352 e. The van der Waals surface area contributed by atoms with Gasteiger partial charge in [0.05, 0.1) is 10.6 Å². The van der Waals surface area contributed by atoms with Gasteiger partial charge in [-0.2, -0.15) is 12.8 Å². The second kappa shape index (κ2) is 8.32. The number of Topliss-reactive ketones (excluding diaryl/α,β-unsaturated/α-hetero) is 2. The highest BCUT2D eigenvalue weighted by molar-refractivity contribution is 7.90. The Morgan fingerprint density at radius 1 is 0.844 bits per heavy atom. The Bertz CT molecular complexity index is 1390. The van der Waals surface area contributed by atoms with E-state index < -0.39 is 15.8 Å². The average molecular weight is 446 g/mol. The number of hydrogen-bond donors (Lipinski definition) is 0. The number of ketones is 2. The summed E-state index contributed by atoms with van der Waals surface area (Å²) in [5, 5.41) is 3.83. The Hall–Kier alpha value is -3.91. The van der Waals surface area contributed by atoms with Crippen molar-refractivity contribution in [2.75, 3.05) is 0 Å².